The van der Waals surface area contributed by atoms with E-state index >= 15 is 0 Å². The van der Waals surface area contributed by atoms with Crippen molar-refractivity contribution < 1.29 is 106 Å². The SMILES string of the molecule is C#CCOCC(=O)C(C)C.CC(=O)C(C)C.CC(=O)NCCC(=O)N(C)CC(=O)C[C@@H](CCCCN)C(=O)N(C)CC(=O)C(C)C.CC(C)C(=O)CCC(=O)CCSSc1ccccn1.CC(C)C(=O)CI.CC(C)C(=O)CN(C)C(=O)CCN.CC(C)C(=O)CN=[N+]=[N-].CC(C)C(=O)CS.CC(C)C(=O)CSSc1ccccn1.CC(C)C(=O)OCCO.CCC(=O)C(C)C.CCCCCCCCCCCCCCCC.O=C=O. The first-order valence-electron chi connectivity index (χ1n) is 52.4. The number of likely N-dealkylation sites (N-methyl/N-ethyl adjacent to an activating group) is 3. The minimum atomic E-state index is -0.545. The van der Waals surface area contributed by atoms with Crippen LogP contribution in [0.4, 0.5) is 0 Å². The number of hydrogen-bond acceptors (Lipinski definition) is 32. The van der Waals surface area contributed by atoms with E-state index in [1.165, 1.54) is 119 Å². The van der Waals surface area contributed by atoms with Crippen LogP contribution in [0.5, 0.6) is 0 Å². The summed E-state index contributed by atoms with van der Waals surface area (Å²) in [6.45, 7) is 51.7. The number of Topliss-reactive ketones (excluding diaryl/α,β-unsaturated/α-hetero) is 12. The molecule has 0 fully saturated rings. The number of nitrogens with two attached hydrogens (primary N) is 2. The second-order valence-electron chi connectivity index (χ2n) is 38.0. The van der Waals surface area contributed by atoms with E-state index in [0.717, 1.165) is 22.2 Å². The average Bonchev–Trinajstić information content (AvgIpc) is 0.873. The maximum absolute atomic E-state index is 12.8. The highest BCUT2D eigenvalue weighted by Crippen LogP contribution is 2.31. The van der Waals surface area contributed by atoms with Crippen LogP contribution >= 0.6 is 78.4 Å². The Hall–Kier alpha value is -7.74. The third kappa shape index (κ3) is 124. The van der Waals surface area contributed by atoms with Gasteiger partial charge in [-0.3, -0.25) is 81.5 Å². The molecule has 2 heterocycles. The highest BCUT2D eigenvalue weighted by Gasteiger charge is 2.28. The number of halogens is 1. The molecular weight excluding hydrogens is 2130 g/mol. The third-order valence-electron chi connectivity index (χ3n) is 20.4. The Balaban J connectivity index is -0.000000161. The van der Waals surface area contributed by atoms with E-state index in [-0.39, 0.29) is 225 Å². The molecule has 0 bridgehead atoms. The Morgan fingerprint density at radius 1 is 0.500 bits per heavy atom. The molecule has 33 nitrogen and oxygen atoms in total. The second kappa shape index (κ2) is 117. The van der Waals surface area contributed by atoms with Crippen LogP contribution in [-0.4, -0.2) is 250 Å². The van der Waals surface area contributed by atoms with Crippen molar-refractivity contribution in [3.8, 4) is 12.3 Å². The number of carbonyl (C=O) groups excluding carboxylic acids is 19. The predicted octanol–water partition coefficient (Wildman–Crippen LogP) is 21.3. The number of nitrogens with one attached hydrogen (secondary N) is 1. The molecule has 0 spiro atoms. The number of nitrogens with zero attached hydrogens (tertiary/aromatic N) is 8. The number of unbranched alkanes of at least 4 members (excludes halogenated alkanes) is 14. The zero-order valence-corrected chi connectivity index (χ0v) is 103. The first-order chi connectivity index (χ1) is 70.3. The number of carbonyl (C=O) groups is 17. The van der Waals surface area contributed by atoms with Crippen molar-refractivity contribution in [2.45, 2.75) is 351 Å². The van der Waals surface area contributed by atoms with Gasteiger partial charge in [0.15, 0.2) is 23.1 Å². The lowest BCUT2D eigenvalue weighted by Crippen LogP contribution is -2.40. The van der Waals surface area contributed by atoms with Gasteiger partial charge in [0.25, 0.3) is 0 Å². The fourth-order valence-corrected chi connectivity index (χ4v) is 14.9. The summed E-state index contributed by atoms with van der Waals surface area (Å²) in [5.74, 6) is 4.73. The van der Waals surface area contributed by atoms with Crippen LogP contribution in [0.2, 0.25) is 0 Å². The Morgan fingerprint density at radius 3 is 1.24 bits per heavy atom. The fourth-order valence-electron chi connectivity index (χ4n) is 9.73. The minimum Gasteiger partial charge on any atom is -0.463 e. The number of ether oxygens (including phenoxy) is 2. The van der Waals surface area contributed by atoms with Crippen molar-refractivity contribution in [1.82, 2.24) is 30.0 Å². The molecule has 0 saturated heterocycles. The monoisotopic (exact) mass is 2320 g/mol. The number of aliphatic hydroxyl groups is 1. The van der Waals surface area contributed by atoms with Gasteiger partial charge in [0.1, 0.15) is 76.1 Å². The zero-order valence-electron chi connectivity index (χ0n) is 96.9. The summed E-state index contributed by atoms with van der Waals surface area (Å²) in [5.41, 5.74) is 18.6. The van der Waals surface area contributed by atoms with E-state index in [4.69, 9.17) is 42.9 Å². The molecule has 864 valence electrons. The number of terminal acetylenes is 1. The number of alkyl halides is 1. The van der Waals surface area contributed by atoms with Crippen LogP contribution in [0, 0.1) is 83.4 Å². The summed E-state index contributed by atoms with van der Waals surface area (Å²) in [7, 11) is 11.0. The largest absolute Gasteiger partial charge is 0.463 e. The quantitative estimate of drug-likeness (QED) is 0.00392. The van der Waals surface area contributed by atoms with Crippen LogP contribution in [0.15, 0.2) is 64.0 Å². The minimum absolute atomic E-state index is 0.00687. The number of aromatic nitrogens is 2. The molecule has 2 aromatic heterocycles. The number of rotatable bonds is 64. The highest BCUT2D eigenvalue weighted by molar-refractivity contribution is 14.1. The lowest BCUT2D eigenvalue weighted by atomic mass is 9.94. The van der Waals surface area contributed by atoms with Crippen molar-refractivity contribution in [1.29, 1.82) is 0 Å². The van der Waals surface area contributed by atoms with Gasteiger partial charge >= 0.3 is 12.1 Å². The van der Waals surface area contributed by atoms with Gasteiger partial charge < -0.3 is 46.1 Å². The topological polar surface area (TPSA) is 511 Å². The van der Waals surface area contributed by atoms with Crippen molar-refractivity contribution in [3.63, 3.8) is 0 Å². The van der Waals surface area contributed by atoms with E-state index in [1.54, 1.807) is 118 Å². The standard InChI is InChI=1S/C21H38N4O5.C16H34.C14H19NO2S2.C10H13NOS2.C9H18N2O2.C8H12O2.C6H12O3.C6H12O.C5H9IO.C5H9N3O.C5H10OS.C5H10O.CO2/c1-15(2)19(28)14-25(5)21(30)17(8-6-7-10-22)12-18(27)13-24(4)20(29)9-11-23-16(3)26;1-3-5-7-9-11-13-15-16-14-12-10-8-6-4-2;1-11(2)13(17)7-6-12(16)8-10-18-19-14-5-3-4-9-15-14;1-8(2)9(12)7-13-14-10-5-3-4-6-11-10;1-7(2)8(12)6-11(3)9(13)4-5-10;1-4-5-10-6-8(9)7(2)3;1-5(2)6(8)9-4-3-7;1-4-6(7)5(2)3;1-4(2)5(7)3-6;1-4(2)5(9)3-7-8-6;1-4(2)5(6)3-7;1-4(2)5(3)6;2-1-3/h15,17H,6-14,22H2,1-5H3,(H,23,26);3-16H2,1-2H3;3-5,9,11H,6-8,10H2,1-2H3;3-6,8H,7H2,1-2H3;7H,4-6,10H2,1-3H3;1,7H,5-6H2,2-3H3;5,7H,3-4H2,1-2H3;5H,4H2,1-3H3;4H,3H2,1-2H3;4H,3H2,1-2H3;4,7H,3H2,1-2H3;4H,1-3H3;/t17-;;;;;;;;;;;;/m1............/s1. The number of ketones is 12. The van der Waals surface area contributed by atoms with Crippen LogP contribution in [-0.2, 0) is 101 Å². The molecule has 1 atom stereocenters. The molecule has 0 aliphatic carbocycles. The predicted molar refractivity (Wildman–Crippen MR) is 625 cm³/mol. The maximum atomic E-state index is 12.8. The molecule has 0 saturated carbocycles. The lowest BCUT2D eigenvalue weighted by Gasteiger charge is -2.24. The van der Waals surface area contributed by atoms with Gasteiger partial charge in [-0.05, 0) is 77.7 Å². The Labute approximate surface area is 937 Å². The lowest BCUT2D eigenvalue weighted by molar-refractivity contribution is -0.192. The molecule has 6 N–H and O–H groups in total. The third-order valence-corrected chi connectivity index (χ3v) is 25.9. The van der Waals surface area contributed by atoms with Gasteiger partial charge in [-0.1, -0.05) is 337 Å². The summed E-state index contributed by atoms with van der Waals surface area (Å²) in [6.07, 6.45) is 33.4. The Morgan fingerprint density at radius 2 is 0.913 bits per heavy atom. The normalized spacial score (nSPS) is 10.2. The fraction of sp³-hybridized carbons (Fsp3) is 0.730. The number of thiol groups is 1. The zero-order chi connectivity index (χ0) is 118. The number of pyridine rings is 2. The van der Waals surface area contributed by atoms with Gasteiger partial charge in [0.2, 0.25) is 23.6 Å². The molecule has 2 aromatic rings. The van der Waals surface area contributed by atoms with E-state index in [9.17, 15) is 81.5 Å². The maximum Gasteiger partial charge on any atom is 0.373 e. The van der Waals surface area contributed by atoms with E-state index in [1.807, 2.05) is 154 Å². The van der Waals surface area contributed by atoms with Gasteiger partial charge in [-0.15, -0.1) is 6.42 Å². The molecule has 150 heavy (non-hydrogen) atoms. The summed E-state index contributed by atoms with van der Waals surface area (Å²) in [5, 5.41) is 15.8. The molecule has 4 amide bonds. The number of esters is 1. The van der Waals surface area contributed by atoms with Gasteiger partial charge in [0.05, 0.1) is 48.9 Å². The molecule has 0 radical (unpaired) electrons. The number of aliphatic hydroxyl groups excluding tert-OH is 1. The van der Waals surface area contributed by atoms with Crippen molar-refractivity contribution in [3.05, 3.63) is 59.2 Å². The van der Waals surface area contributed by atoms with Crippen molar-refractivity contribution >= 4 is 184 Å². The molecule has 0 aliphatic rings. The summed E-state index contributed by atoms with van der Waals surface area (Å²) < 4.78 is 10.0. The molecule has 2 rings (SSSR count). The second-order valence-corrected chi connectivity index (χ2v) is 43.9. The van der Waals surface area contributed by atoms with Crippen molar-refractivity contribution in [2.75, 3.05) is 115 Å². The molecule has 0 unspecified atom stereocenters. The van der Waals surface area contributed by atoms with Crippen LogP contribution < -0.4 is 16.8 Å². The summed E-state index contributed by atoms with van der Waals surface area (Å²) >= 11 is 5.88. The Kier molecular flexibility index (Phi) is 128. The van der Waals surface area contributed by atoms with E-state index < -0.39 is 5.92 Å². The van der Waals surface area contributed by atoms with E-state index in [2.05, 4.69) is 85.0 Å². The first-order valence-corrected chi connectivity index (χ1v) is 59.2. The van der Waals surface area contributed by atoms with Gasteiger partial charge in [0, 0.05) is 180 Å². The van der Waals surface area contributed by atoms with Crippen LogP contribution in [0.3, 0.4) is 0 Å². The van der Waals surface area contributed by atoms with Gasteiger partial charge in [-0.2, -0.15) is 22.2 Å². The Bertz CT molecular complexity index is 3940. The summed E-state index contributed by atoms with van der Waals surface area (Å²) in [4.78, 5) is 222. The van der Waals surface area contributed by atoms with Crippen LogP contribution in [0.25, 0.3) is 10.4 Å². The molecule has 39 heteroatoms. The first kappa shape index (κ1) is 165. The highest BCUT2D eigenvalue weighted by atomic mass is 127. The molecule has 0 aromatic carbocycles. The molecular formula is C111H196IN11O22S5. The molecule has 0 aliphatic heterocycles. The summed E-state index contributed by atoms with van der Waals surface area (Å²) in [6, 6.07) is 11.5. The number of azide groups is 1. The average molecular weight is 2320 g/mol. The van der Waals surface area contributed by atoms with Crippen LogP contribution in [0.1, 0.15) is 341 Å². The van der Waals surface area contributed by atoms with Crippen molar-refractivity contribution in [2.24, 2.45) is 87.6 Å². The van der Waals surface area contributed by atoms with E-state index in [0.29, 0.717) is 91.3 Å². The smallest absolute Gasteiger partial charge is 0.373 e. The number of amides is 4. The number of hydrogen-bond donors (Lipinski definition) is 5. The van der Waals surface area contributed by atoms with Gasteiger partial charge in [-0.25, -0.2) is 9.97 Å².